The zero-order valence-electron chi connectivity index (χ0n) is 16.7. The predicted molar refractivity (Wildman–Crippen MR) is 112 cm³/mol. The molecule has 2 heterocycles. The third-order valence-corrected chi connectivity index (χ3v) is 5.14. The fraction of sp³-hybridized carbons (Fsp3) is 0.333. The number of methoxy groups -OCH3 is 2. The van der Waals surface area contributed by atoms with Crippen molar-refractivity contribution in [2.45, 2.75) is 6.54 Å². The van der Waals surface area contributed by atoms with Crippen molar-refractivity contribution in [3.63, 3.8) is 0 Å². The molecule has 7 nitrogen and oxygen atoms in total. The number of halogens is 2. The Hall–Kier alpha value is -2.68. The van der Waals surface area contributed by atoms with E-state index in [1.807, 2.05) is 17.0 Å². The molecule has 0 saturated heterocycles. The number of ether oxygens (including phenoxy) is 4. The van der Waals surface area contributed by atoms with Crippen molar-refractivity contribution in [1.29, 1.82) is 0 Å². The molecule has 0 atom stereocenters. The molecule has 0 unspecified atom stereocenters. The lowest BCUT2D eigenvalue weighted by Gasteiger charge is -2.31. The average molecular weight is 434 g/mol. The normalized spacial score (nSPS) is 14.0. The molecule has 0 fully saturated rings. The second-order valence-corrected chi connectivity index (χ2v) is 7.04. The lowest BCUT2D eigenvalue weighted by molar-refractivity contribution is 0.132. The Morgan fingerprint density at radius 2 is 1.70 bits per heavy atom. The van der Waals surface area contributed by atoms with Gasteiger partial charge >= 0.3 is 0 Å². The van der Waals surface area contributed by atoms with Gasteiger partial charge in [-0.05, 0) is 18.2 Å². The van der Waals surface area contributed by atoms with E-state index < -0.39 is 5.82 Å². The van der Waals surface area contributed by atoms with E-state index in [4.69, 9.17) is 35.5 Å². The highest BCUT2D eigenvalue weighted by molar-refractivity contribution is 6.32. The zero-order valence-corrected chi connectivity index (χ0v) is 17.4. The molecule has 0 saturated carbocycles. The van der Waals surface area contributed by atoms with Gasteiger partial charge in [0.05, 0.1) is 42.5 Å². The van der Waals surface area contributed by atoms with Crippen molar-refractivity contribution in [3.05, 3.63) is 46.2 Å². The van der Waals surface area contributed by atoms with Crippen LogP contribution in [-0.2, 0) is 16.0 Å². The number of nitrogens with zero attached hydrogens (tertiary/aromatic N) is 3. The van der Waals surface area contributed by atoms with Crippen LogP contribution in [0.4, 0.5) is 15.8 Å². The molecule has 0 aliphatic carbocycles. The van der Waals surface area contributed by atoms with Crippen LogP contribution in [0.25, 0.3) is 0 Å². The molecule has 30 heavy (non-hydrogen) atoms. The highest BCUT2D eigenvalue weighted by atomic mass is 35.5. The molecule has 2 aromatic carbocycles. The Kier molecular flexibility index (Phi) is 6.17. The molecule has 2 aliphatic rings. The first-order valence-electron chi connectivity index (χ1n) is 9.40. The highest BCUT2D eigenvalue weighted by Crippen LogP contribution is 2.41. The van der Waals surface area contributed by atoms with E-state index in [1.54, 1.807) is 26.6 Å². The van der Waals surface area contributed by atoms with Crippen LogP contribution >= 0.6 is 11.6 Å². The van der Waals surface area contributed by atoms with Gasteiger partial charge in [0.15, 0.2) is 11.5 Å². The molecule has 0 N–H and O–H groups in total. The summed E-state index contributed by atoms with van der Waals surface area (Å²) in [5.41, 5.74) is 2.76. The first-order chi connectivity index (χ1) is 14.6. The van der Waals surface area contributed by atoms with Crippen molar-refractivity contribution in [1.82, 2.24) is 4.90 Å². The minimum absolute atomic E-state index is 0.0833. The summed E-state index contributed by atoms with van der Waals surface area (Å²) in [6.07, 6.45) is 1.66. The van der Waals surface area contributed by atoms with Crippen LogP contribution in [0.1, 0.15) is 11.1 Å². The number of aliphatic imine (C=N–C) groups is 2. The Labute approximate surface area is 178 Å². The summed E-state index contributed by atoms with van der Waals surface area (Å²) in [4.78, 5) is 11.1. The predicted octanol–water partition coefficient (Wildman–Crippen LogP) is 4.10. The molecule has 0 amide bonds. The van der Waals surface area contributed by atoms with E-state index in [0.29, 0.717) is 67.2 Å². The fourth-order valence-electron chi connectivity index (χ4n) is 3.23. The zero-order chi connectivity index (χ0) is 21.1. The Bertz CT molecular complexity index is 1010. The standard InChI is InChI=1S/C21H21ClFN3O4/c1-27-5-7-29-18-9-13-17(10-19(18)30-8-6-28-2)24-12-26-11-14-16(25-21(13)26)4-3-15(23)20(14)22/h3-4,9-10,12H,5-8,11H2,1-2H3. The van der Waals surface area contributed by atoms with Gasteiger partial charge in [0.25, 0.3) is 0 Å². The quantitative estimate of drug-likeness (QED) is 0.586. The van der Waals surface area contributed by atoms with Crippen molar-refractivity contribution in [2.24, 2.45) is 9.98 Å². The summed E-state index contributed by atoms with van der Waals surface area (Å²) < 4.78 is 35.7. The van der Waals surface area contributed by atoms with Crippen LogP contribution in [-0.4, -0.2) is 57.7 Å². The van der Waals surface area contributed by atoms with Crippen LogP contribution < -0.4 is 9.47 Å². The number of amidine groups is 1. The topological polar surface area (TPSA) is 64.9 Å². The monoisotopic (exact) mass is 433 g/mol. The number of hydrogen-bond donors (Lipinski definition) is 0. The summed E-state index contributed by atoms with van der Waals surface area (Å²) >= 11 is 6.15. The van der Waals surface area contributed by atoms with Crippen molar-refractivity contribution in [3.8, 4) is 11.5 Å². The fourth-order valence-corrected chi connectivity index (χ4v) is 3.45. The Balaban J connectivity index is 1.73. The van der Waals surface area contributed by atoms with Crippen molar-refractivity contribution >= 4 is 35.1 Å². The molecule has 0 bridgehead atoms. The van der Waals surface area contributed by atoms with Crippen molar-refractivity contribution in [2.75, 3.05) is 40.6 Å². The summed E-state index contributed by atoms with van der Waals surface area (Å²) in [6, 6.07) is 6.62. The third kappa shape index (κ3) is 3.98. The third-order valence-electron chi connectivity index (χ3n) is 4.73. The van der Waals surface area contributed by atoms with Crippen LogP contribution in [0.5, 0.6) is 11.5 Å². The van der Waals surface area contributed by atoms with Gasteiger partial charge in [-0.25, -0.2) is 14.4 Å². The molecule has 158 valence electrons. The average Bonchev–Trinajstić information content (AvgIpc) is 2.76. The van der Waals surface area contributed by atoms with E-state index in [1.165, 1.54) is 6.07 Å². The smallest absolute Gasteiger partial charge is 0.163 e. The summed E-state index contributed by atoms with van der Waals surface area (Å²) in [6.45, 7) is 2.01. The maximum Gasteiger partial charge on any atom is 0.163 e. The Morgan fingerprint density at radius 1 is 1.00 bits per heavy atom. The van der Waals surface area contributed by atoms with Gasteiger partial charge in [0.1, 0.15) is 24.9 Å². The molecule has 0 radical (unpaired) electrons. The van der Waals surface area contributed by atoms with Gasteiger partial charge < -0.3 is 23.8 Å². The molecule has 2 aliphatic heterocycles. The molecule has 4 rings (SSSR count). The first kappa shape index (κ1) is 20.6. The van der Waals surface area contributed by atoms with E-state index in [-0.39, 0.29) is 5.02 Å². The van der Waals surface area contributed by atoms with E-state index in [0.717, 1.165) is 5.56 Å². The maximum absolute atomic E-state index is 13.9. The molecule has 2 aromatic rings. The van der Waals surface area contributed by atoms with E-state index in [9.17, 15) is 4.39 Å². The summed E-state index contributed by atoms with van der Waals surface area (Å²) in [5, 5.41) is 0.0833. The van der Waals surface area contributed by atoms with Gasteiger partial charge in [-0.2, -0.15) is 0 Å². The van der Waals surface area contributed by atoms with Crippen LogP contribution in [0.15, 0.2) is 34.3 Å². The number of fused-ring (bicyclic) bond motifs is 4. The largest absolute Gasteiger partial charge is 0.487 e. The van der Waals surface area contributed by atoms with Crippen LogP contribution in [0.2, 0.25) is 5.02 Å². The highest BCUT2D eigenvalue weighted by Gasteiger charge is 2.28. The summed E-state index contributed by atoms with van der Waals surface area (Å²) in [5.74, 6) is 1.35. The van der Waals surface area contributed by atoms with E-state index >= 15 is 0 Å². The molecular weight excluding hydrogens is 413 g/mol. The van der Waals surface area contributed by atoms with Crippen LogP contribution in [0, 0.1) is 5.82 Å². The van der Waals surface area contributed by atoms with Crippen LogP contribution in [0.3, 0.4) is 0 Å². The van der Waals surface area contributed by atoms with E-state index in [2.05, 4.69) is 4.99 Å². The number of hydrogen-bond acceptors (Lipinski definition) is 7. The first-order valence-corrected chi connectivity index (χ1v) is 9.78. The second kappa shape index (κ2) is 8.99. The molecule has 9 heteroatoms. The minimum Gasteiger partial charge on any atom is -0.487 e. The van der Waals surface area contributed by atoms with Gasteiger partial charge in [-0.3, -0.25) is 0 Å². The number of rotatable bonds is 8. The van der Waals surface area contributed by atoms with Gasteiger partial charge in [0.2, 0.25) is 0 Å². The molecule has 0 aromatic heterocycles. The van der Waals surface area contributed by atoms with Gasteiger partial charge in [-0.15, -0.1) is 0 Å². The van der Waals surface area contributed by atoms with Crippen molar-refractivity contribution < 1.29 is 23.3 Å². The Morgan fingerprint density at radius 3 is 2.40 bits per heavy atom. The lowest BCUT2D eigenvalue weighted by atomic mass is 10.0. The second-order valence-electron chi connectivity index (χ2n) is 6.67. The number of benzene rings is 2. The summed E-state index contributed by atoms with van der Waals surface area (Å²) in [7, 11) is 3.23. The minimum atomic E-state index is -0.463. The van der Waals surface area contributed by atoms with Gasteiger partial charge in [0, 0.05) is 31.4 Å². The lowest BCUT2D eigenvalue weighted by Crippen LogP contribution is -2.34. The molecular formula is C21H21ClFN3O4. The van der Waals surface area contributed by atoms with Gasteiger partial charge in [-0.1, -0.05) is 11.6 Å². The SMILES string of the molecule is COCCOc1cc2c(cc1OCCOC)C1=Nc3ccc(F)c(Cl)c3CN1C=N2. The maximum atomic E-state index is 13.9. The molecule has 0 spiro atoms.